The van der Waals surface area contributed by atoms with Crippen molar-refractivity contribution in [3.05, 3.63) is 65.2 Å². The molecule has 0 spiro atoms. The third-order valence-electron chi connectivity index (χ3n) is 4.99. The first-order valence-corrected chi connectivity index (χ1v) is 11.8. The fourth-order valence-electron chi connectivity index (χ4n) is 3.60. The van der Waals surface area contributed by atoms with Gasteiger partial charge in [-0.05, 0) is 42.2 Å². The molecule has 2 aromatic rings. The second kappa shape index (κ2) is 9.30. The zero-order chi connectivity index (χ0) is 22.6. The van der Waals surface area contributed by atoms with Gasteiger partial charge >= 0.3 is 5.97 Å². The normalized spacial score (nSPS) is 16.1. The predicted molar refractivity (Wildman–Crippen MR) is 118 cm³/mol. The van der Waals surface area contributed by atoms with Gasteiger partial charge in [0.05, 0.1) is 18.0 Å². The molecule has 2 N–H and O–H groups in total. The highest BCUT2D eigenvalue weighted by atomic mass is 32.2. The van der Waals surface area contributed by atoms with Crippen LogP contribution < -0.4 is 4.72 Å². The number of hydrogen-bond donors (Lipinski definition) is 2. The molecule has 0 saturated carbocycles. The summed E-state index contributed by atoms with van der Waals surface area (Å²) in [6.07, 6.45) is 1.80. The van der Waals surface area contributed by atoms with Gasteiger partial charge in [-0.2, -0.15) is 5.10 Å². The lowest BCUT2D eigenvalue weighted by Crippen LogP contribution is -2.27. The number of aryl methyl sites for hydroxylation is 1. The van der Waals surface area contributed by atoms with Gasteiger partial charge in [0, 0.05) is 24.9 Å². The van der Waals surface area contributed by atoms with Crippen LogP contribution in [0.25, 0.3) is 0 Å². The molecule has 3 rings (SSSR count). The summed E-state index contributed by atoms with van der Waals surface area (Å²) in [5, 5.41) is 14.9. The molecule has 1 heterocycles. The number of aliphatic carboxylic acids is 1. The Kier molecular flexibility index (Phi) is 6.74. The van der Waals surface area contributed by atoms with Crippen molar-refractivity contribution in [2.75, 3.05) is 11.0 Å². The summed E-state index contributed by atoms with van der Waals surface area (Å²) >= 11 is 0. The minimum atomic E-state index is -3.42. The van der Waals surface area contributed by atoms with Crippen molar-refractivity contribution >= 4 is 33.3 Å². The first kappa shape index (κ1) is 22.5. The van der Waals surface area contributed by atoms with Crippen LogP contribution in [0.1, 0.15) is 48.4 Å². The van der Waals surface area contributed by atoms with Crippen LogP contribution in [-0.4, -0.2) is 42.4 Å². The van der Waals surface area contributed by atoms with E-state index in [-0.39, 0.29) is 31.2 Å². The molecule has 1 aliphatic heterocycles. The van der Waals surface area contributed by atoms with Crippen LogP contribution in [0.15, 0.2) is 53.6 Å². The largest absolute Gasteiger partial charge is 0.481 e. The Morgan fingerprint density at radius 1 is 1.16 bits per heavy atom. The maximum Gasteiger partial charge on any atom is 0.303 e. The zero-order valence-electron chi connectivity index (χ0n) is 17.4. The van der Waals surface area contributed by atoms with Crippen LogP contribution in [0.2, 0.25) is 0 Å². The van der Waals surface area contributed by atoms with E-state index in [0.29, 0.717) is 23.4 Å². The smallest absolute Gasteiger partial charge is 0.303 e. The van der Waals surface area contributed by atoms with Crippen LogP contribution >= 0.6 is 0 Å². The van der Waals surface area contributed by atoms with E-state index in [9.17, 15) is 18.0 Å². The number of nitrogens with one attached hydrogen (secondary N) is 1. The SMILES string of the molecule is Cc1ccccc1[C@H]1CC(c2cccc(NS(C)(=O)=O)c2)=NN1C(=O)CCCC(=O)O. The first-order valence-electron chi connectivity index (χ1n) is 9.89. The highest BCUT2D eigenvalue weighted by molar-refractivity contribution is 7.92. The molecule has 0 aromatic heterocycles. The molecule has 2 aromatic carbocycles. The molecule has 0 saturated heterocycles. The molecule has 0 bridgehead atoms. The number of nitrogens with zero attached hydrogens (tertiary/aromatic N) is 2. The lowest BCUT2D eigenvalue weighted by molar-refractivity contribution is -0.137. The van der Waals surface area contributed by atoms with Crippen LogP contribution in [0, 0.1) is 6.92 Å². The molecule has 0 unspecified atom stereocenters. The number of carbonyl (C=O) groups excluding carboxylic acids is 1. The number of hydrogen-bond acceptors (Lipinski definition) is 5. The van der Waals surface area contributed by atoms with E-state index in [1.807, 2.05) is 37.3 Å². The number of carbonyl (C=O) groups is 2. The quantitative estimate of drug-likeness (QED) is 0.649. The van der Waals surface area contributed by atoms with Crippen molar-refractivity contribution < 1.29 is 23.1 Å². The third-order valence-corrected chi connectivity index (χ3v) is 5.60. The van der Waals surface area contributed by atoms with Gasteiger partial charge in [0.2, 0.25) is 15.9 Å². The van der Waals surface area contributed by atoms with Crippen molar-refractivity contribution in [2.45, 2.75) is 38.6 Å². The van der Waals surface area contributed by atoms with Crippen molar-refractivity contribution in [1.29, 1.82) is 0 Å². The summed E-state index contributed by atoms with van der Waals surface area (Å²) in [4.78, 5) is 23.7. The average Bonchev–Trinajstić information content (AvgIpc) is 3.12. The van der Waals surface area contributed by atoms with E-state index in [1.165, 1.54) is 5.01 Å². The van der Waals surface area contributed by atoms with Gasteiger partial charge in [-0.25, -0.2) is 13.4 Å². The number of amides is 1. The van der Waals surface area contributed by atoms with E-state index in [1.54, 1.807) is 18.2 Å². The maximum absolute atomic E-state index is 12.9. The summed E-state index contributed by atoms with van der Waals surface area (Å²) in [7, 11) is -3.42. The summed E-state index contributed by atoms with van der Waals surface area (Å²) in [6, 6.07) is 14.3. The molecule has 1 amide bonds. The summed E-state index contributed by atoms with van der Waals surface area (Å²) in [5.41, 5.74) is 3.80. The lowest BCUT2D eigenvalue weighted by Gasteiger charge is -2.23. The Bertz CT molecular complexity index is 1130. The van der Waals surface area contributed by atoms with E-state index in [0.717, 1.165) is 17.4 Å². The molecule has 31 heavy (non-hydrogen) atoms. The Hall–Kier alpha value is -3.20. The maximum atomic E-state index is 12.9. The highest BCUT2D eigenvalue weighted by Gasteiger charge is 2.33. The van der Waals surface area contributed by atoms with Gasteiger partial charge in [0.25, 0.3) is 0 Å². The van der Waals surface area contributed by atoms with Gasteiger partial charge in [-0.1, -0.05) is 36.4 Å². The number of rotatable bonds is 8. The van der Waals surface area contributed by atoms with Crippen LogP contribution in [-0.2, 0) is 19.6 Å². The van der Waals surface area contributed by atoms with Crippen molar-refractivity contribution in [3.63, 3.8) is 0 Å². The molecule has 0 radical (unpaired) electrons. The van der Waals surface area contributed by atoms with Gasteiger partial charge in [0.15, 0.2) is 0 Å². The topological polar surface area (TPSA) is 116 Å². The van der Waals surface area contributed by atoms with E-state index in [2.05, 4.69) is 9.82 Å². The number of hydrazone groups is 1. The molecule has 9 heteroatoms. The first-order chi connectivity index (χ1) is 14.6. The number of carboxylic acid groups (broad SMARTS) is 1. The van der Waals surface area contributed by atoms with E-state index in [4.69, 9.17) is 5.11 Å². The van der Waals surface area contributed by atoms with Crippen molar-refractivity contribution in [3.8, 4) is 0 Å². The highest BCUT2D eigenvalue weighted by Crippen LogP contribution is 2.35. The average molecular weight is 444 g/mol. The molecule has 8 nitrogen and oxygen atoms in total. The molecule has 164 valence electrons. The fraction of sp³-hybridized carbons (Fsp3) is 0.318. The standard InChI is InChI=1S/C22H25N3O5S/c1-15-7-3-4-10-18(15)20-14-19(23-25(20)21(26)11-6-12-22(27)28)16-8-5-9-17(13-16)24-31(2,29)30/h3-5,7-10,13,20,24H,6,11-12,14H2,1-2H3,(H,27,28)/t20-/m1/s1. The number of sulfonamides is 1. The number of anilines is 1. The van der Waals surface area contributed by atoms with E-state index < -0.39 is 16.0 Å². The summed E-state index contributed by atoms with van der Waals surface area (Å²) in [5.74, 6) is -1.18. The fourth-order valence-corrected chi connectivity index (χ4v) is 4.15. The lowest BCUT2D eigenvalue weighted by atomic mass is 9.95. The van der Waals surface area contributed by atoms with Gasteiger partial charge in [-0.3, -0.25) is 14.3 Å². The second-order valence-corrected chi connectivity index (χ2v) is 9.31. The number of carboxylic acids is 1. The molecule has 1 aliphatic rings. The zero-order valence-corrected chi connectivity index (χ0v) is 18.2. The predicted octanol–water partition coefficient (Wildman–Crippen LogP) is 3.30. The van der Waals surface area contributed by atoms with Crippen molar-refractivity contribution in [1.82, 2.24) is 5.01 Å². The Morgan fingerprint density at radius 3 is 2.58 bits per heavy atom. The molecular weight excluding hydrogens is 418 g/mol. The molecule has 1 atom stereocenters. The molecule has 0 fully saturated rings. The van der Waals surface area contributed by atoms with Crippen molar-refractivity contribution in [2.24, 2.45) is 5.10 Å². The molecular formula is C22H25N3O5S. The Labute approximate surface area is 181 Å². The third kappa shape index (κ3) is 5.91. The van der Waals surface area contributed by atoms with Crippen LogP contribution in [0.5, 0.6) is 0 Å². The number of benzene rings is 2. The summed E-state index contributed by atoms with van der Waals surface area (Å²) < 4.78 is 25.6. The van der Waals surface area contributed by atoms with Gasteiger partial charge < -0.3 is 5.11 Å². The van der Waals surface area contributed by atoms with Crippen LogP contribution in [0.4, 0.5) is 5.69 Å². The van der Waals surface area contributed by atoms with Gasteiger partial charge in [-0.15, -0.1) is 0 Å². The second-order valence-electron chi connectivity index (χ2n) is 7.56. The Balaban J connectivity index is 1.91. The summed E-state index contributed by atoms with van der Waals surface area (Å²) in [6.45, 7) is 1.97. The van der Waals surface area contributed by atoms with Crippen LogP contribution in [0.3, 0.4) is 0 Å². The minimum Gasteiger partial charge on any atom is -0.481 e. The monoisotopic (exact) mass is 443 g/mol. The Morgan fingerprint density at radius 2 is 1.90 bits per heavy atom. The van der Waals surface area contributed by atoms with Gasteiger partial charge in [0.1, 0.15) is 0 Å². The minimum absolute atomic E-state index is 0.0790. The van der Waals surface area contributed by atoms with E-state index >= 15 is 0 Å². The molecule has 0 aliphatic carbocycles.